The standard InChI is InChI=1S/C33H42N6O3/c1-25-13-16-38(17-14-25)24-27-6-8-28(9-7-27)32(40)36-30-11-12-31(35-23-30)42-33(41)39-20-18-37(19-21-39)15-3-4-29-10-5-26(2)22-34-29/h5-12,22-23,25H,3-4,13-21,24H2,1-2H3,(H,36,40). The summed E-state index contributed by atoms with van der Waals surface area (Å²) in [7, 11) is 0. The quantitative estimate of drug-likeness (QED) is 0.386. The molecule has 2 fully saturated rings. The van der Waals surface area contributed by atoms with Crippen LogP contribution in [0.15, 0.2) is 60.9 Å². The van der Waals surface area contributed by atoms with Crippen molar-refractivity contribution >= 4 is 17.7 Å². The lowest BCUT2D eigenvalue weighted by Gasteiger charge is -2.33. The van der Waals surface area contributed by atoms with Gasteiger partial charge in [0.2, 0.25) is 5.88 Å². The summed E-state index contributed by atoms with van der Waals surface area (Å²) in [5.74, 6) is 0.822. The maximum atomic E-state index is 12.7. The van der Waals surface area contributed by atoms with Crippen LogP contribution in [0.1, 0.15) is 53.4 Å². The summed E-state index contributed by atoms with van der Waals surface area (Å²) >= 11 is 0. The highest BCUT2D eigenvalue weighted by Crippen LogP contribution is 2.19. The van der Waals surface area contributed by atoms with E-state index in [1.807, 2.05) is 37.4 Å². The van der Waals surface area contributed by atoms with Crippen molar-refractivity contribution < 1.29 is 14.3 Å². The fourth-order valence-electron chi connectivity index (χ4n) is 5.40. The summed E-state index contributed by atoms with van der Waals surface area (Å²) in [6.45, 7) is 11.4. The van der Waals surface area contributed by atoms with E-state index in [0.717, 1.165) is 63.7 Å². The molecule has 4 heterocycles. The van der Waals surface area contributed by atoms with E-state index in [0.29, 0.717) is 24.3 Å². The van der Waals surface area contributed by atoms with Crippen LogP contribution >= 0.6 is 0 Å². The van der Waals surface area contributed by atoms with Crippen LogP contribution in [0.25, 0.3) is 0 Å². The zero-order valence-electron chi connectivity index (χ0n) is 24.8. The fraction of sp³-hybridized carbons (Fsp3) is 0.455. The largest absolute Gasteiger partial charge is 0.416 e. The number of anilines is 1. The third-order valence-corrected chi connectivity index (χ3v) is 8.20. The molecule has 0 saturated carbocycles. The first-order valence-corrected chi connectivity index (χ1v) is 15.1. The molecule has 5 rings (SSSR count). The van der Waals surface area contributed by atoms with Crippen molar-refractivity contribution in [3.8, 4) is 5.88 Å². The molecule has 1 aromatic carbocycles. The number of aromatic nitrogens is 2. The Hall–Kier alpha value is -3.82. The number of hydrogen-bond acceptors (Lipinski definition) is 7. The van der Waals surface area contributed by atoms with E-state index < -0.39 is 6.09 Å². The molecule has 2 saturated heterocycles. The van der Waals surface area contributed by atoms with Gasteiger partial charge in [0.05, 0.1) is 11.9 Å². The first-order chi connectivity index (χ1) is 20.4. The fourth-order valence-corrected chi connectivity index (χ4v) is 5.40. The Kier molecular flexibility index (Phi) is 10.2. The average molecular weight is 571 g/mol. The van der Waals surface area contributed by atoms with Crippen LogP contribution < -0.4 is 10.1 Å². The predicted molar refractivity (Wildman–Crippen MR) is 164 cm³/mol. The molecule has 9 heteroatoms. The Morgan fingerprint density at radius 1 is 0.881 bits per heavy atom. The Morgan fingerprint density at radius 2 is 1.64 bits per heavy atom. The number of carbonyl (C=O) groups excluding carboxylic acids is 2. The van der Waals surface area contributed by atoms with E-state index >= 15 is 0 Å². The molecular weight excluding hydrogens is 528 g/mol. The Bertz CT molecular complexity index is 1300. The molecule has 42 heavy (non-hydrogen) atoms. The molecular formula is C33H42N6O3. The van der Waals surface area contributed by atoms with E-state index in [-0.39, 0.29) is 11.8 Å². The molecule has 0 spiro atoms. The summed E-state index contributed by atoms with van der Waals surface area (Å²) in [4.78, 5) is 40.7. The minimum absolute atomic E-state index is 0.201. The number of nitrogens with one attached hydrogen (secondary N) is 1. The number of amides is 2. The van der Waals surface area contributed by atoms with E-state index in [2.05, 4.69) is 44.1 Å². The van der Waals surface area contributed by atoms with Gasteiger partial charge >= 0.3 is 6.09 Å². The monoisotopic (exact) mass is 570 g/mol. The van der Waals surface area contributed by atoms with Crippen molar-refractivity contribution in [3.63, 3.8) is 0 Å². The van der Waals surface area contributed by atoms with Gasteiger partial charge in [-0.1, -0.05) is 25.1 Å². The van der Waals surface area contributed by atoms with Gasteiger partial charge in [-0.15, -0.1) is 0 Å². The predicted octanol–water partition coefficient (Wildman–Crippen LogP) is 5.02. The Balaban J connectivity index is 1.01. The number of benzene rings is 1. The van der Waals surface area contributed by atoms with Gasteiger partial charge in [-0.3, -0.25) is 19.6 Å². The molecule has 9 nitrogen and oxygen atoms in total. The highest BCUT2D eigenvalue weighted by atomic mass is 16.6. The lowest BCUT2D eigenvalue weighted by atomic mass is 9.99. The molecule has 2 aliphatic rings. The highest BCUT2D eigenvalue weighted by molar-refractivity contribution is 6.04. The molecule has 2 aliphatic heterocycles. The van der Waals surface area contributed by atoms with Gasteiger partial charge in [0.25, 0.3) is 5.91 Å². The van der Waals surface area contributed by atoms with Gasteiger partial charge in [0, 0.05) is 56.2 Å². The molecule has 0 aliphatic carbocycles. The molecule has 0 radical (unpaired) electrons. The third-order valence-electron chi connectivity index (χ3n) is 8.20. The number of aryl methyl sites for hydroxylation is 2. The number of hydrogen-bond donors (Lipinski definition) is 1. The second kappa shape index (κ2) is 14.4. The molecule has 0 bridgehead atoms. The van der Waals surface area contributed by atoms with Gasteiger partial charge in [-0.05, 0) is 93.6 Å². The first kappa shape index (κ1) is 29.7. The minimum Gasteiger partial charge on any atom is -0.391 e. The lowest BCUT2D eigenvalue weighted by Crippen LogP contribution is -2.49. The van der Waals surface area contributed by atoms with Crippen LogP contribution in [-0.4, -0.2) is 82.5 Å². The van der Waals surface area contributed by atoms with Crippen LogP contribution in [0, 0.1) is 12.8 Å². The zero-order valence-corrected chi connectivity index (χ0v) is 24.8. The Morgan fingerprint density at radius 3 is 2.31 bits per heavy atom. The van der Waals surface area contributed by atoms with E-state index in [1.54, 1.807) is 17.0 Å². The van der Waals surface area contributed by atoms with Crippen LogP contribution in [0.2, 0.25) is 0 Å². The number of rotatable bonds is 9. The van der Waals surface area contributed by atoms with E-state index in [1.165, 1.54) is 30.2 Å². The molecule has 0 unspecified atom stereocenters. The van der Waals surface area contributed by atoms with Crippen molar-refractivity contribution in [2.24, 2.45) is 5.92 Å². The topological polar surface area (TPSA) is 90.9 Å². The van der Waals surface area contributed by atoms with Gasteiger partial charge < -0.3 is 15.0 Å². The number of likely N-dealkylation sites (tertiary alicyclic amines) is 1. The number of piperidine rings is 1. The molecule has 222 valence electrons. The Labute approximate surface area is 248 Å². The normalized spacial score (nSPS) is 16.8. The van der Waals surface area contributed by atoms with Gasteiger partial charge in [-0.2, -0.15) is 0 Å². The molecule has 0 atom stereocenters. The van der Waals surface area contributed by atoms with Gasteiger partial charge in [-0.25, -0.2) is 9.78 Å². The minimum atomic E-state index is -0.401. The number of pyridine rings is 2. The maximum Gasteiger partial charge on any atom is 0.416 e. The smallest absolute Gasteiger partial charge is 0.391 e. The summed E-state index contributed by atoms with van der Waals surface area (Å²) in [6.07, 6.45) is 7.50. The van der Waals surface area contributed by atoms with Crippen LogP contribution in [-0.2, 0) is 13.0 Å². The second-order valence-corrected chi connectivity index (χ2v) is 11.6. The molecule has 2 aromatic heterocycles. The van der Waals surface area contributed by atoms with E-state index in [4.69, 9.17) is 4.74 Å². The summed E-state index contributed by atoms with van der Waals surface area (Å²) < 4.78 is 5.50. The molecule has 2 amide bonds. The van der Waals surface area contributed by atoms with E-state index in [9.17, 15) is 9.59 Å². The number of ether oxygens (including phenoxy) is 1. The summed E-state index contributed by atoms with van der Waals surface area (Å²) in [5, 5.41) is 2.87. The van der Waals surface area contributed by atoms with Crippen LogP contribution in [0.4, 0.5) is 10.5 Å². The van der Waals surface area contributed by atoms with Gasteiger partial charge in [0.1, 0.15) is 0 Å². The van der Waals surface area contributed by atoms with Crippen LogP contribution in [0.5, 0.6) is 5.88 Å². The second-order valence-electron chi connectivity index (χ2n) is 11.6. The number of piperazine rings is 1. The van der Waals surface area contributed by atoms with Gasteiger partial charge in [0.15, 0.2) is 0 Å². The van der Waals surface area contributed by atoms with Crippen molar-refractivity contribution in [1.29, 1.82) is 0 Å². The summed E-state index contributed by atoms with van der Waals surface area (Å²) in [6, 6.07) is 15.3. The van der Waals surface area contributed by atoms with Crippen LogP contribution in [0.3, 0.4) is 0 Å². The third kappa shape index (κ3) is 8.59. The van der Waals surface area contributed by atoms with Crippen molar-refractivity contribution in [1.82, 2.24) is 24.7 Å². The number of nitrogens with zero attached hydrogens (tertiary/aromatic N) is 5. The molecule has 1 N–H and O–H groups in total. The lowest BCUT2D eigenvalue weighted by molar-refractivity contribution is 0.102. The number of carbonyl (C=O) groups is 2. The zero-order chi connectivity index (χ0) is 29.3. The average Bonchev–Trinajstić information content (AvgIpc) is 3.01. The SMILES string of the molecule is Cc1ccc(CCCN2CCN(C(=O)Oc3ccc(NC(=O)c4ccc(CN5CCC(C)CC5)cc4)cn3)CC2)nc1. The van der Waals surface area contributed by atoms with Crippen molar-refractivity contribution in [2.45, 2.75) is 46.1 Å². The highest BCUT2D eigenvalue weighted by Gasteiger charge is 2.23. The first-order valence-electron chi connectivity index (χ1n) is 15.1. The summed E-state index contributed by atoms with van der Waals surface area (Å²) in [5.41, 5.74) is 4.64. The van der Waals surface area contributed by atoms with Crippen molar-refractivity contribution in [3.05, 3.63) is 83.3 Å². The maximum absolute atomic E-state index is 12.7. The van der Waals surface area contributed by atoms with Crippen molar-refractivity contribution in [2.75, 3.05) is 51.1 Å². The molecule has 3 aromatic rings.